The highest BCUT2D eigenvalue weighted by Crippen LogP contribution is 2.23. The minimum atomic E-state index is -1.03. The normalized spacial score (nSPS) is 16.7. The van der Waals surface area contributed by atoms with Crippen molar-refractivity contribution in [3.8, 4) is 0 Å². The first-order chi connectivity index (χ1) is 20.1. The topological polar surface area (TPSA) is 154 Å². The molecular formula is C31H52N4O8. The molecule has 0 spiro atoms. The van der Waals surface area contributed by atoms with Gasteiger partial charge < -0.3 is 25.0 Å². The van der Waals surface area contributed by atoms with Crippen molar-refractivity contribution in [2.24, 2.45) is 17.8 Å². The van der Waals surface area contributed by atoms with Crippen molar-refractivity contribution in [1.82, 2.24) is 20.0 Å². The third-order valence-electron chi connectivity index (χ3n) is 8.20. The lowest BCUT2D eigenvalue weighted by Crippen LogP contribution is -2.60. The fraction of sp³-hybridized carbons (Fsp3) is 0.742. The molecule has 0 saturated heterocycles. The lowest BCUT2D eigenvalue weighted by atomic mass is 9.90. The van der Waals surface area contributed by atoms with Gasteiger partial charge in [0.2, 0.25) is 17.7 Å². The molecule has 0 bridgehead atoms. The summed E-state index contributed by atoms with van der Waals surface area (Å²) in [4.78, 5) is 79.4. The maximum Gasteiger partial charge on any atom is 0.306 e. The van der Waals surface area contributed by atoms with Gasteiger partial charge in [-0.05, 0) is 30.6 Å². The van der Waals surface area contributed by atoms with E-state index in [1.54, 1.807) is 14.1 Å². The van der Waals surface area contributed by atoms with E-state index in [9.17, 15) is 33.9 Å². The Morgan fingerprint density at radius 2 is 1.51 bits per heavy atom. The number of hydrogen-bond donors (Lipinski definition) is 2. The van der Waals surface area contributed by atoms with Gasteiger partial charge in [0.1, 0.15) is 12.1 Å². The van der Waals surface area contributed by atoms with E-state index >= 15 is 0 Å². The third kappa shape index (κ3) is 10.7. The lowest BCUT2D eigenvalue weighted by molar-refractivity contribution is -0.149. The summed E-state index contributed by atoms with van der Waals surface area (Å²) in [6.45, 7) is 11.5. The number of carboxylic acids is 1. The Morgan fingerprint density at radius 1 is 0.930 bits per heavy atom. The Bertz CT molecular complexity index is 1010. The number of carbonyl (C=O) groups is 6. The van der Waals surface area contributed by atoms with Gasteiger partial charge in [0.05, 0.1) is 18.6 Å². The van der Waals surface area contributed by atoms with Crippen LogP contribution in [-0.4, -0.2) is 107 Å². The van der Waals surface area contributed by atoms with Crippen molar-refractivity contribution in [2.45, 2.75) is 104 Å². The lowest BCUT2D eigenvalue weighted by Gasteiger charge is -2.40. The molecular weight excluding hydrogens is 556 g/mol. The van der Waals surface area contributed by atoms with Gasteiger partial charge in [0.15, 0.2) is 0 Å². The highest BCUT2D eigenvalue weighted by molar-refractivity contribution is 6.12. The summed E-state index contributed by atoms with van der Waals surface area (Å²) in [7, 11) is 4.61. The zero-order valence-corrected chi connectivity index (χ0v) is 27.3. The van der Waals surface area contributed by atoms with Gasteiger partial charge in [-0.2, -0.15) is 0 Å². The van der Waals surface area contributed by atoms with Gasteiger partial charge >= 0.3 is 5.97 Å². The quantitative estimate of drug-likeness (QED) is 0.168. The molecule has 0 aromatic rings. The minimum absolute atomic E-state index is 0.0677. The number of nitrogens with one attached hydrogen (secondary N) is 1. The van der Waals surface area contributed by atoms with Crippen molar-refractivity contribution < 1.29 is 38.6 Å². The average molecular weight is 609 g/mol. The number of rotatable bonds is 19. The molecule has 12 heteroatoms. The van der Waals surface area contributed by atoms with E-state index in [1.807, 2.05) is 41.5 Å². The number of carbonyl (C=O) groups excluding carboxylic acids is 5. The Morgan fingerprint density at radius 3 is 1.98 bits per heavy atom. The largest absolute Gasteiger partial charge is 0.481 e. The van der Waals surface area contributed by atoms with Crippen LogP contribution in [0.5, 0.6) is 0 Å². The van der Waals surface area contributed by atoms with E-state index in [1.165, 1.54) is 34.0 Å². The number of aliphatic carboxylic acids is 1. The predicted octanol–water partition coefficient (Wildman–Crippen LogP) is 2.46. The van der Waals surface area contributed by atoms with Crippen molar-refractivity contribution in [1.29, 1.82) is 0 Å². The molecule has 1 heterocycles. The van der Waals surface area contributed by atoms with Crippen molar-refractivity contribution in [3.63, 3.8) is 0 Å². The molecule has 43 heavy (non-hydrogen) atoms. The second-order valence-electron chi connectivity index (χ2n) is 12.1. The number of methoxy groups -OCH3 is 1. The van der Waals surface area contributed by atoms with E-state index in [0.29, 0.717) is 32.2 Å². The molecule has 1 rings (SSSR count). The first-order valence-electron chi connectivity index (χ1n) is 15.2. The summed E-state index contributed by atoms with van der Waals surface area (Å²) in [5, 5.41) is 12.3. The molecule has 0 aromatic heterocycles. The van der Waals surface area contributed by atoms with Gasteiger partial charge in [0.25, 0.3) is 11.8 Å². The molecule has 2 N–H and O–H groups in total. The fourth-order valence-electron chi connectivity index (χ4n) is 5.50. The van der Waals surface area contributed by atoms with E-state index in [-0.39, 0.29) is 54.2 Å². The number of hydrogen-bond acceptors (Lipinski definition) is 7. The van der Waals surface area contributed by atoms with E-state index in [0.717, 1.165) is 0 Å². The molecule has 244 valence electrons. The van der Waals surface area contributed by atoms with Crippen LogP contribution in [0.25, 0.3) is 0 Å². The summed E-state index contributed by atoms with van der Waals surface area (Å²) in [6.07, 6.45) is 4.11. The maximum atomic E-state index is 13.8. The van der Waals surface area contributed by atoms with Crippen LogP contribution in [0.15, 0.2) is 12.2 Å². The SMILES string of the molecule is CC[C@H](C)[C@@H]([C@@H](CC(=O)O)OC)N(C)C(=O)[C@@H](NC(=O)[C@H](C(C)C)N(C)C(=O)CCCCCN1C(=O)C=CC1=O)C(C)C. The molecule has 5 amide bonds. The van der Waals surface area contributed by atoms with Crippen LogP contribution in [0.4, 0.5) is 0 Å². The molecule has 0 fully saturated rings. The number of imide groups is 1. The Kier molecular flexibility index (Phi) is 15.6. The summed E-state index contributed by atoms with van der Waals surface area (Å²) >= 11 is 0. The highest BCUT2D eigenvalue weighted by atomic mass is 16.5. The van der Waals surface area contributed by atoms with Crippen LogP contribution in [0.2, 0.25) is 0 Å². The van der Waals surface area contributed by atoms with E-state index in [2.05, 4.69) is 5.32 Å². The van der Waals surface area contributed by atoms with Crippen LogP contribution in [0, 0.1) is 17.8 Å². The van der Waals surface area contributed by atoms with Gasteiger partial charge in [0, 0.05) is 46.3 Å². The molecule has 0 saturated carbocycles. The number of unbranched alkanes of at least 4 members (excludes halogenated alkanes) is 2. The molecule has 1 aliphatic heterocycles. The molecule has 1 aliphatic rings. The first kappa shape index (κ1) is 37.7. The maximum absolute atomic E-state index is 13.8. The number of amides is 5. The van der Waals surface area contributed by atoms with Crippen LogP contribution in [0.3, 0.4) is 0 Å². The van der Waals surface area contributed by atoms with Gasteiger partial charge in [-0.1, -0.05) is 54.4 Å². The molecule has 0 unspecified atom stereocenters. The summed E-state index contributed by atoms with van der Waals surface area (Å²) in [5.74, 6) is -3.30. The Hall–Kier alpha value is -3.28. The van der Waals surface area contributed by atoms with Gasteiger partial charge in [-0.25, -0.2) is 0 Å². The zero-order chi connectivity index (χ0) is 33.0. The van der Waals surface area contributed by atoms with E-state index in [4.69, 9.17) is 4.74 Å². The summed E-state index contributed by atoms with van der Waals surface area (Å²) < 4.78 is 5.51. The number of likely N-dealkylation sites (N-methyl/N-ethyl adjacent to an activating group) is 2. The molecule has 0 aromatic carbocycles. The second kappa shape index (κ2) is 17.7. The average Bonchev–Trinajstić information content (AvgIpc) is 3.26. The van der Waals surface area contributed by atoms with Crippen LogP contribution in [0.1, 0.15) is 80.1 Å². The predicted molar refractivity (Wildman–Crippen MR) is 162 cm³/mol. The van der Waals surface area contributed by atoms with E-state index < -0.39 is 36.1 Å². The van der Waals surface area contributed by atoms with Crippen LogP contribution >= 0.6 is 0 Å². The smallest absolute Gasteiger partial charge is 0.306 e. The van der Waals surface area contributed by atoms with Crippen molar-refractivity contribution >= 4 is 35.5 Å². The molecule has 12 nitrogen and oxygen atoms in total. The first-order valence-corrected chi connectivity index (χ1v) is 15.2. The summed E-state index contributed by atoms with van der Waals surface area (Å²) in [6, 6.07) is -2.25. The standard InChI is InChI=1S/C31H52N4O8/c1-10-21(6)29(22(43-9)18-26(39)40)34(8)31(42)27(19(2)3)32-30(41)28(20(4)5)33(7)23(36)14-12-11-13-17-35-24(37)15-16-25(35)38/h15-16,19-22,27-29H,10-14,17-18H2,1-9H3,(H,32,41)(H,39,40)/t21-,22+,27-,28-,29-/m0/s1. The monoisotopic (exact) mass is 608 g/mol. The van der Waals surface area contributed by atoms with Crippen LogP contribution in [-0.2, 0) is 33.5 Å². The molecule has 5 atom stereocenters. The number of ether oxygens (including phenoxy) is 1. The van der Waals surface area contributed by atoms with Gasteiger partial charge in [-0.15, -0.1) is 0 Å². The Balaban J connectivity index is 2.93. The zero-order valence-electron chi connectivity index (χ0n) is 27.3. The van der Waals surface area contributed by atoms with Gasteiger partial charge in [-0.3, -0.25) is 33.7 Å². The molecule has 0 aliphatic carbocycles. The number of nitrogens with zero attached hydrogens (tertiary/aromatic N) is 3. The van der Waals surface area contributed by atoms with Crippen molar-refractivity contribution in [3.05, 3.63) is 12.2 Å². The Labute approximate surface area is 256 Å². The van der Waals surface area contributed by atoms with Crippen LogP contribution < -0.4 is 5.32 Å². The van der Waals surface area contributed by atoms with Crippen molar-refractivity contribution in [2.75, 3.05) is 27.7 Å². The fourth-order valence-corrected chi connectivity index (χ4v) is 5.50. The minimum Gasteiger partial charge on any atom is -0.481 e. The molecule has 0 radical (unpaired) electrons. The number of carboxylic acid groups (broad SMARTS) is 1. The second-order valence-corrected chi connectivity index (χ2v) is 12.1. The third-order valence-corrected chi connectivity index (χ3v) is 8.20. The highest BCUT2D eigenvalue weighted by Gasteiger charge is 2.39. The summed E-state index contributed by atoms with van der Waals surface area (Å²) in [5.41, 5.74) is 0.